The van der Waals surface area contributed by atoms with E-state index in [0.29, 0.717) is 5.56 Å². The molecule has 4 heteroatoms. The number of benzene rings is 2. The van der Waals surface area contributed by atoms with E-state index >= 15 is 0 Å². The molecule has 0 saturated carbocycles. The second-order valence-electron chi connectivity index (χ2n) is 4.30. The summed E-state index contributed by atoms with van der Waals surface area (Å²) < 4.78 is 26.1. The van der Waals surface area contributed by atoms with Gasteiger partial charge in [0.25, 0.3) is 0 Å². The molecule has 0 atom stereocenters. The third kappa shape index (κ3) is 3.61. The van der Waals surface area contributed by atoms with Crippen molar-refractivity contribution in [2.75, 3.05) is 0 Å². The van der Waals surface area contributed by atoms with Gasteiger partial charge in [-0.25, -0.2) is 8.78 Å². The van der Waals surface area contributed by atoms with Gasteiger partial charge in [0.05, 0.1) is 0 Å². The van der Waals surface area contributed by atoms with Crippen LogP contribution >= 0.6 is 0 Å². The van der Waals surface area contributed by atoms with E-state index in [1.165, 1.54) is 18.2 Å². The molecule has 2 nitrogen and oxygen atoms in total. The number of phenolic OH excluding ortho intramolecular Hbond substituents is 1. The maximum Gasteiger partial charge on any atom is 0.141 e. The van der Waals surface area contributed by atoms with E-state index in [0.717, 1.165) is 12.1 Å². The van der Waals surface area contributed by atoms with Gasteiger partial charge in [-0.2, -0.15) is 0 Å². The number of carbonyl (C=O) groups is 1. The molecule has 0 radical (unpaired) electrons. The Kier molecular flexibility index (Phi) is 3.90. The summed E-state index contributed by atoms with van der Waals surface area (Å²) in [5, 5.41) is 9.28. The largest absolute Gasteiger partial charge is 0.508 e. The van der Waals surface area contributed by atoms with Crippen molar-refractivity contribution < 1.29 is 18.7 Å². The van der Waals surface area contributed by atoms with Crippen LogP contribution in [0, 0.1) is 11.6 Å². The van der Waals surface area contributed by atoms with Crippen molar-refractivity contribution in [2.45, 2.75) is 12.8 Å². The zero-order valence-corrected chi connectivity index (χ0v) is 10.1. The van der Waals surface area contributed by atoms with E-state index in [1.807, 2.05) is 0 Å². The minimum Gasteiger partial charge on any atom is -0.508 e. The highest BCUT2D eigenvalue weighted by molar-refractivity contribution is 5.83. The van der Waals surface area contributed by atoms with Crippen LogP contribution in [0.5, 0.6) is 5.75 Å². The van der Waals surface area contributed by atoms with E-state index in [9.17, 15) is 18.7 Å². The van der Waals surface area contributed by atoms with E-state index in [2.05, 4.69) is 0 Å². The van der Waals surface area contributed by atoms with Crippen molar-refractivity contribution in [3.8, 4) is 5.75 Å². The maximum atomic E-state index is 13.4. The van der Waals surface area contributed by atoms with Crippen LogP contribution in [0.4, 0.5) is 8.78 Å². The molecule has 0 aromatic heterocycles. The highest BCUT2D eigenvalue weighted by atomic mass is 19.1. The molecule has 1 N–H and O–H groups in total. The molecule has 0 bridgehead atoms. The molecule has 2 rings (SSSR count). The molecule has 19 heavy (non-hydrogen) atoms. The van der Waals surface area contributed by atoms with Gasteiger partial charge in [-0.3, -0.25) is 4.79 Å². The number of halogens is 2. The molecule has 0 saturated heterocycles. The van der Waals surface area contributed by atoms with Crippen LogP contribution in [0.25, 0.3) is 0 Å². The first-order valence-electron chi connectivity index (χ1n) is 5.78. The average Bonchev–Trinajstić information content (AvgIpc) is 2.33. The highest BCUT2D eigenvalue weighted by Crippen LogP contribution is 2.14. The molecule has 0 unspecified atom stereocenters. The Balaban J connectivity index is 2.05. The zero-order chi connectivity index (χ0) is 13.8. The summed E-state index contributed by atoms with van der Waals surface area (Å²) in [7, 11) is 0. The topological polar surface area (TPSA) is 37.3 Å². The summed E-state index contributed by atoms with van der Waals surface area (Å²) in [5.74, 6) is -1.50. The fourth-order valence-corrected chi connectivity index (χ4v) is 1.83. The number of ketones is 1. The normalized spacial score (nSPS) is 10.4. The van der Waals surface area contributed by atoms with Crippen molar-refractivity contribution >= 4 is 5.78 Å². The van der Waals surface area contributed by atoms with Gasteiger partial charge in [0.15, 0.2) is 0 Å². The lowest BCUT2D eigenvalue weighted by molar-refractivity contribution is -0.117. The number of carbonyl (C=O) groups excluding carboxylic acids is 1. The van der Waals surface area contributed by atoms with Gasteiger partial charge in [0.1, 0.15) is 23.2 Å². The quantitative estimate of drug-likeness (QED) is 0.919. The smallest absolute Gasteiger partial charge is 0.141 e. The van der Waals surface area contributed by atoms with Gasteiger partial charge in [-0.15, -0.1) is 0 Å². The fourth-order valence-electron chi connectivity index (χ4n) is 1.83. The SMILES string of the molecule is O=C(Cc1cccc(O)c1)Cc1ccc(F)cc1F. The van der Waals surface area contributed by atoms with Gasteiger partial charge in [0, 0.05) is 18.9 Å². The number of hydrogen-bond acceptors (Lipinski definition) is 2. The summed E-state index contributed by atoms with van der Waals surface area (Å²) in [6.45, 7) is 0. The van der Waals surface area contributed by atoms with E-state index in [1.54, 1.807) is 12.1 Å². The second-order valence-corrected chi connectivity index (χ2v) is 4.30. The van der Waals surface area contributed by atoms with Crippen LogP contribution < -0.4 is 0 Å². The Labute approximate surface area is 109 Å². The Morgan fingerprint density at radius 1 is 1.05 bits per heavy atom. The molecule has 0 aliphatic rings. The van der Waals surface area contributed by atoms with Gasteiger partial charge < -0.3 is 5.11 Å². The maximum absolute atomic E-state index is 13.4. The number of Topliss-reactive ketones (excluding diaryl/α,β-unsaturated/α-hetero) is 1. The third-order valence-electron chi connectivity index (χ3n) is 2.71. The molecular weight excluding hydrogens is 250 g/mol. The molecule has 0 aliphatic carbocycles. The lowest BCUT2D eigenvalue weighted by Gasteiger charge is -2.04. The Hall–Kier alpha value is -2.23. The molecule has 0 aliphatic heterocycles. The van der Waals surface area contributed by atoms with Gasteiger partial charge in [0.2, 0.25) is 0 Å². The molecule has 2 aromatic rings. The monoisotopic (exact) mass is 262 g/mol. The van der Waals surface area contributed by atoms with Crippen LogP contribution in [0.1, 0.15) is 11.1 Å². The predicted octanol–water partition coefficient (Wildman–Crippen LogP) is 3.02. The first-order chi connectivity index (χ1) is 9.04. The molecule has 98 valence electrons. The highest BCUT2D eigenvalue weighted by Gasteiger charge is 2.10. The van der Waals surface area contributed by atoms with Crippen LogP contribution in [-0.4, -0.2) is 10.9 Å². The van der Waals surface area contributed by atoms with Crippen molar-refractivity contribution in [3.63, 3.8) is 0 Å². The number of hydrogen-bond donors (Lipinski definition) is 1. The van der Waals surface area contributed by atoms with Crippen LogP contribution in [0.2, 0.25) is 0 Å². The molecule has 0 spiro atoms. The standard InChI is InChI=1S/C15H12F2O2/c16-12-5-4-11(15(17)9-12)8-14(19)7-10-2-1-3-13(18)6-10/h1-6,9,18H,7-8H2. The number of aromatic hydroxyl groups is 1. The van der Waals surface area contributed by atoms with Crippen molar-refractivity contribution in [1.29, 1.82) is 0 Å². The summed E-state index contributed by atoms with van der Waals surface area (Å²) in [6.07, 6.45) is 0.00693. The molecule has 0 amide bonds. The summed E-state index contributed by atoms with van der Waals surface area (Å²) in [5.41, 5.74) is 0.832. The van der Waals surface area contributed by atoms with Gasteiger partial charge >= 0.3 is 0 Å². The first-order valence-corrected chi connectivity index (χ1v) is 5.78. The Morgan fingerprint density at radius 3 is 2.53 bits per heavy atom. The van der Waals surface area contributed by atoms with Crippen molar-refractivity contribution in [3.05, 3.63) is 65.2 Å². The molecule has 2 aromatic carbocycles. The van der Waals surface area contributed by atoms with Crippen LogP contribution in [-0.2, 0) is 17.6 Å². The van der Waals surface area contributed by atoms with Crippen LogP contribution in [0.15, 0.2) is 42.5 Å². The predicted molar refractivity (Wildman–Crippen MR) is 66.9 cm³/mol. The molecule has 0 fully saturated rings. The molecule has 0 heterocycles. The number of phenols is 1. The average molecular weight is 262 g/mol. The second kappa shape index (κ2) is 5.61. The summed E-state index contributed by atoms with van der Waals surface area (Å²) in [6, 6.07) is 9.49. The van der Waals surface area contributed by atoms with Crippen molar-refractivity contribution in [1.82, 2.24) is 0 Å². The Morgan fingerprint density at radius 2 is 1.84 bits per heavy atom. The number of rotatable bonds is 4. The van der Waals surface area contributed by atoms with E-state index in [-0.39, 0.29) is 29.9 Å². The summed E-state index contributed by atoms with van der Waals surface area (Å²) in [4.78, 5) is 11.8. The van der Waals surface area contributed by atoms with Gasteiger partial charge in [-0.1, -0.05) is 18.2 Å². The van der Waals surface area contributed by atoms with Crippen molar-refractivity contribution in [2.24, 2.45) is 0 Å². The third-order valence-corrected chi connectivity index (χ3v) is 2.71. The minimum atomic E-state index is -0.718. The lowest BCUT2D eigenvalue weighted by atomic mass is 10.0. The summed E-state index contributed by atoms with van der Waals surface area (Å²) >= 11 is 0. The minimum absolute atomic E-state index is 0.0817. The lowest BCUT2D eigenvalue weighted by Crippen LogP contribution is -2.08. The fraction of sp³-hybridized carbons (Fsp3) is 0.133. The van der Waals surface area contributed by atoms with E-state index in [4.69, 9.17) is 0 Å². The van der Waals surface area contributed by atoms with Gasteiger partial charge in [-0.05, 0) is 29.3 Å². The Bertz CT molecular complexity index is 609. The zero-order valence-electron chi connectivity index (χ0n) is 10.1. The van der Waals surface area contributed by atoms with E-state index < -0.39 is 11.6 Å². The first kappa shape index (κ1) is 13.2. The molecular formula is C15H12F2O2. The van der Waals surface area contributed by atoms with Crippen LogP contribution in [0.3, 0.4) is 0 Å².